The number of aromatic nitrogens is 3. The van der Waals surface area contributed by atoms with Gasteiger partial charge in [0.15, 0.2) is 17.1 Å². The number of thioether (sulfide) groups is 1. The highest BCUT2D eigenvalue weighted by atomic mass is 127. The number of nitrogens with two attached hydrogens (primary N) is 1. The Morgan fingerprint density at radius 2 is 1.60 bits per heavy atom. The van der Waals surface area contributed by atoms with Crippen molar-refractivity contribution in [1.82, 2.24) is 30.9 Å². The summed E-state index contributed by atoms with van der Waals surface area (Å²) in [7, 11) is -3.94. The first-order valence-electron chi connectivity index (χ1n) is 33.4. The number of primary amides is 1. The van der Waals surface area contributed by atoms with Gasteiger partial charge in [-0.05, 0) is 143 Å². The molecule has 5 aliphatic rings. The Morgan fingerprint density at radius 1 is 0.904 bits per heavy atom. The van der Waals surface area contributed by atoms with Crippen LogP contribution in [0.25, 0.3) is 5.69 Å². The van der Waals surface area contributed by atoms with Crippen molar-refractivity contribution in [2.45, 2.75) is 216 Å². The smallest absolute Gasteiger partial charge is 0.328 e. The number of halogens is 3. The van der Waals surface area contributed by atoms with Gasteiger partial charge in [0, 0.05) is 51.7 Å². The molecule has 2 aromatic carbocycles. The fourth-order valence-corrected chi connectivity index (χ4v) is 17.5. The third kappa shape index (κ3) is 17.4. The number of amides is 5. The molecule has 21 nitrogen and oxygen atoms in total. The fourth-order valence-electron chi connectivity index (χ4n) is 14.7. The first kappa shape index (κ1) is 74.4. The third-order valence-corrected chi connectivity index (χ3v) is 23.4. The molecular weight excluding hydrogens is 1360 g/mol. The number of allylic oxidation sites excluding steroid dienone is 4. The van der Waals surface area contributed by atoms with Crippen LogP contribution in [0.3, 0.4) is 0 Å². The molecule has 1 heterocycles. The highest BCUT2D eigenvalue weighted by Crippen LogP contribution is 2.71. The first-order chi connectivity index (χ1) is 44.8. The van der Waals surface area contributed by atoms with E-state index < -0.39 is 107 Å². The van der Waals surface area contributed by atoms with Crippen LogP contribution in [0, 0.1) is 28.6 Å². The van der Waals surface area contributed by atoms with Crippen molar-refractivity contribution < 1.29 is 70.9 Å². The Bertz CT molecular complexity index is 3290. The number of nitrogens with one attached hydrogen (secondary N) is 4. The molecule has 516 valence electrons. The lowest BCUT2D eigenvalue weighted by atomic mass is 9.44. The number of fused-ring (bicyclic) bond motifs is 6. The summed E-state index contributed by atoms with van der Waals surface area (Å²) in [4.78, 5) is 103. The van der Waals surface area contributed by atoms with Crippen molar-refractivity contribution >= 4 is 88.3 Å². The number of nitrogens with zero attached hydrogens (tertiary/aromatic N) is 3. The van der Waals surface area contributed by atoms with Crippen LogP contribution in [0.1, 0.15) is 185 Å². The van der Waals surface area contributed by atoms with E-state index in [2.05, 4.69) is 66.3 Å². The summed E-state index contributed by atoms with van der Waals surface area (Å²) in [6.45, 7) is 8.13. The lowest BCUT2D eigenvalue weighted by molar-refractivity contribution is -0.226. The van der Waals surface area contributed by atoms with Crippen LogP contribution in [0.15, 0.2) is 72.3 Å². The van der Waals surface area contributed by atoms with Gasteiger partial charge in [-0.25, -0.2) is 18.3 Å². The van der Waals surface area contributed by atoms with E-state index in [1.807, 2.05) is 16.8 Å². The molecule has 5 aliphatic carbocycles. The van der Waals surface area contributed by atoms with Crippen molar-refractivity contribution in [2.75, 3.05) is 30.4 Å². The molecule has 8 rings (SSSR count). The Balaban J connectivity index is 0.737. The maximum atomic E-state index is 17.7. The highest BCUT2D eigenvalue weighted by Gasteiger charge is 2.76. The molecule has 3 fully saturated rings. The van der Waals surface area contributed by atoms with Gasteiger partial charge >= 0.3 is 19.6 Å². The normalized spacial score (nSPS) is 26.8. The number of carbonyl (C=O) groups is 7. The minimum atomic E-state index is -3.94. The van der Waals surface area contributed by atoms with Gasteiger partial charge in [-0.1, -0.05) is 149 Å². The SMILES string of the molecule is CCC(=O)O[C@]1(C(=O)SCCCCCCCCCCP(=O)(O)OCc2ccc(NC(=O)C(CCCNC(N)=O)NC(=O)C(NC(=O)COC3CCCCCc4c3nnn4-c3ccc(CI)cc3)C(C)C)cc2)CC[C@H]2[C@@H]3C[C@H](F)C4=CC(=O)C=C[C@]4(C)[C@@]3(F)[C@@H](O)C[C@@]21C. The summed E-state index contributed by atoms with van der Waals surface area (Å²) in [6.07, 6.45) is 10.9. The van der Waals surface area contributed by atoms with Crippen LogP contribution in [-0.4, -0.2) is 126 Å². The van der Waals surface area contributed by atoms with Crippen LogP contribution in [0.4, 0.5) is 19.3 Å². The first-order valence-corrected chi connectivity index (χ1v) is 37.6. The molecule has 94 heavy (non-hydrogen) atoms. The van der Waals surface area contributed by atoms with Gasteiger partial charge in [-0.3, -0.25) is 33.3 Å². The Labute approximate surface area is 567 Å². The van der Waals surface area contributed by atoms with Crippen LogP contribution in [0.2, 0.25) is 0 Å². The number of carbonyl (C=O) groups excluding carboxylic acids is 7. The van der Waals surface area contributed by atoms with Gasteiger partial charge in [0.25, 0.3) is 0 Å². The Hall–Kier alpha value is -5.44. The molecule has 5 amide bonds. The highest BCUT2D eigenvalue weighted by molar-refractivity contribution is 14.1. The molecule has 26 heteroatoms. The molecule has 0 saturated heterocycles. The lowest BCUT2D eigenvalue weighted by Gasteiger charge is -2.63. The van der Waals surface area contributed by atoms with Gasteiger partial charge in [-0.15, -0.1) is 5.10 Å². The van der Waals surface area contributed by atoms with E-state index in [0.29, 0.717) is 48.4 Å². The minimum Gasteiger partial charge on any atom is -0.449 e. The molecule has 1 aromatic heterocycles. The summed E-state index contributed by atoms with van der Waals surface area (Å²) in [5, 5.41) is 31.4. The second kappa shape index (κ2) is 33.2. The van der Waals surface area contributed by atoms with Crippen LogP contribution < -0.4 is 27.0 Å². The van der Waals surface area contributed by atoms with Gasteiger partial charge < -0.3 is 51.0 Å². The molecule has 0 spiro atoms. The van der Waals surface area contributed by atoms with E-state index in [-0.39, 0.29) is 81.1 Å². The number of benzene rings is 2. The maximum absolute atomic E-state index is 17.7. The maximum Gasteiger partial charge on any atom is 0.328 e. The lowest BCUT2D eigenvalue weighted by Crippen LogP contribution is -2.70. The molecular formula is C68H94F2IN8O13PS. The van der Waals surface area contributed by atoms with Crippen LogP contribution >= 0.6 is 41.9 Å². The summed E-state index contributed by atoms with van der Waals surface area (Å²) in [5.41, 5.74) is 3.29. The summed E-state index contributed by atoms with van der Waals surface area (Å²) < 4.78 is 67.3. The van der Waals surface area contributed by atoms with Crippen LogP contribution in [0.5, 0.6) is 0 Å². The number of ether oxygens (including phenoxy) is 2. The van der Waals surface area contributed by atoms with Crippen molar-refractivity contribution in [3.63, 3.8) is 0 Å². The molecule has 0 radical (unpaired) electrons. The number of unbranched alkanes of at least 4 members (excludes halogenated alkanes) is 7. The quantitative estimate of drug-likeness (QED) is 0.0100. The van der Waals surface area contributed by atoms with Gasteiger partial charge in [0.1, 0.15) is 36.7 Å². The second-order valence-electron chi connectivity index (χ2n) is 26.7. The third-order valence-electron chi connectivity index (χ3n) is 20.0. The second-order valence-corrected chi connectivity index (χ2v) is 30.5. The molecule has 0 bridgehead atoms. The predicted octanol–water partition coefficient (Wildman–Crippen LogP) is 11.2. The van der Waals surface area contributed by atoms with E-state index in [9.17, 15) is 48.1 Å². The average molecular weight is 1460 g/mol. The summed E-state index contributed by atoms with van der Waals surface area (Å²) in [6, 6.07) is 11.8. The predicted molar refractivity (Wildman–Crippen MR) is 362 cm³/mol. The van der Waals surface area contributed by atoms with E-state index in [0.717, 1.165) is 97.9 Å². The zero-order valence-electron chi connectivity index (χ0n) is 54.6. The molecule has 4 unspecified atom stereocenters. The number of hydrogen-bond donors (Lipinski definition) is 7. The van der Waals surface area contributed by atoms with E-state index in [1.54, 1.807) is 52.0 Å². The molecule has 3 aromatic rings. The van der Waals surface area contributed by atoms with Crippen molar-refractivity contribution in [2.24, 2.45) is 34.3 Å². The van der Waals surface area contributed by atoms with Gasteiger partial charge in [-0.2, -0.15) is 0 Å². The number of hydrogen-bond acceptors (Lipinski definition) is 15. The molecule has 8 N–H and O–H groups in total. The number of aliphatic hydroxyl groups excluding tert-OH is 1. The van der Waals surface area contributed by atoms with Crippen molar-refractivity contribution in [1.29, 1.82) is 0 Å². The number of alkyl halides is 3. The minimum absolute atomic E-state index is 0.0138. The number of esters is 1. The fraction of sp³-hybridized carbons (Fsp3) is 0.632. The van der Waals surface area contributed by atoms with Gasteiger partial charge in [0.05, 0.1) is 24.1 Å². The van der Waals surface area contributed by atoms with Crippen molar-refractivity contribution in [3.05, 3.63) is 94.8 Å². The average Bonchev–Trinajstić information content (AvgIpc) is 1.29. The molecule has 0 aliphatic heterocycles. The topological polar surface area (TPSA) is 310 Å². The number of anilines is 1. The Kier molecular flexibility index (Phi) is 26.3. The van der Waals surface area contributed by atoms with E-state index in [1.165, 1.54) is 24.6 Å². The van der Waals surface area contributed by atoms with E-state index >= 15 is 8.78 Å². The number of rotatable bonds is 32. The zero-order valence-corrected chi connectivity index (χ0v) is 58.5. The summed E-state index contributed by atoms with van der Waals surface area (Å²) in [5.74, 6) is -4.18. The molecule has 3 saturated carbocycles. The number of ketones is 1. The zero-order chi connectivity index (χ0) is 68.0. The largest absolute Gasteiger partial charge is 0.449 e. The van der Waals surface area contributed by atoms with Crippen molar-refractivity contribution in [3.8, 4) is 5.69 Å². The van der Waals surface area contributed by atoms with E-state index in [4.69, 9.17) is 19.7 Å². The molecule has 12 atom stereocenters. The summed E-state index contributed by atoms with van der Waals surface area (Å²) >= 11 is 3.40. The van der Waals surface area contributed by atoms with Crippen LogP contribution in [-0.2, 0) is 64.8 Å². The van der Waals surface area contributed by atoms with Gasteiger partial charge in [0.2, 0.25) is 22.8 Å². The monoisotopic (exact) mass is 1460 g/mol. The number of aliphatic hydroxyl groups is 1. The standard InChI is InChI=1S/C68H94F2IN8O13PS/c1-6-58(83)92-67(33-31-49-50-38-52(69)51-37-48(80)30-32-65(51,4)68(50,70)56(81)39-66(49,67)5)63(86)94-36-17-12-10-8-7-9-11-16-35-93(88,89)91-41-45-22-26-46(27-23-45)74-61(84)53(19-18-34-73-64(72)87)75-62(85)59(43(2)3)76-57(82)42-90-55-21-15-13-14-20-54-60(55)77-78-79(54)47-28-24-44(40-71)25-29-47/h22-30,32,37,43,49-50,52-53,55-56,59,81H,6-21,31,33-36,38-42H2,1-5H3,(H,74,84)(H,75,85)(H,76,82)(H,88,89)(H3,72,73,87)/t49-,50-,52-,53?,55?,56-,59?,65-,66-,67-,68-/m0/s1. The number of urea groups is 1. The Morgan fingerprint density at radius 3 is 2.28 bits per heavy atom.